The second kappa shape index (κ2) is 30.8. The first-order valence-corrected chi connectivity index (χ1v) is 27.3. The first kappa shape index (κ1) is 64.9. The molecule has 20 atom stereocenters. The van der Waals surface area contributed by atoms with Crippen LogP contribution in [-0.4, -0.2) is 238 Å². The third kappa shape index (κ3) is 18.1. The highest BCUT2D eigenvalue weighted by molar-refractivity contribution is 7.80. The van der Waals surface area contributed by atoms with Gasteiger partial charge in [-0.3, -0.25) is 23.7 Å². The number of carbonyl (C=O) groups excluding carboxylic acids is 4. The van der Waals surface area contributed by atoms with Crippen LogP contribution in [0.1, 0.15) is 95.8 Å². The summed E-state index contributed by atoms with van der Waals surface area (Å²) in [6.45, 7) is 1.68. The molecule has 4 aliphatic rings. The normalized spacial score (nSPS) is 35.3. The summed E-state index contributed by atoms with van der Waals surface area (Å²) in [4.78, 5) is 51.1. The van der Waals surface area contributed by atoms with Gasteiger partial charge in [-0.2, -0.15) is 8.42 Å². The van der Waals surface area contributed by atoms with E-state index in [0.717, 1.165) is 46.5 Å². The van der Waals surface area contributed by atoms with Crippen LogP contribution in [0, 0.1) is 0 Å². The van der Waals surface area contributed by atoms with Crippen LogP contribution in [0.4, 0.5) is 0 Å². The van der Waals surface area contributed by atoms with Gasteiger partial charge >= 0.3 is 10.4 Å². The van der Waals surface area contributed by atoms with Crippen LogP contribution in [-0.2, 0) is 62.1 Å². The summed E-state index contributed by atoms with van der Waals surface area (Å²) in [7, 11) is -5.16. The highest BCUT2D eigenvalue weighted by atomic mass is 32.3. The van der Waals surface area contributed by atoms with Gasteiger partial charge in [0.05, 0.1) is 33.0 Å². The van der Waals surface area contributed by atoms with E-state index in [1.807, 2.05) is 0 Å². The minimum atomic E-state index is -5.16. The number of hydrogen-bond acceptors (Lipinski definition) is 24. The number of hydrogen-bond donors (Lipinski definition) is 14. The van der Waals surface area contributed by atoms with E-state index in [1.54, 1.807) is 12.1 Å². The smallest absolute Gasteiger partial charge is 0.397 e. The van der Waals surface area contributed by atoms with Crippen LogP contribution in [0.3, 0.4) is 0 Å². The molecule has 30 heteroatoms. The van der Waals surface area contributed by atoms with Gasteiger partial charge in [-0.1, -0.05) is 64.4 Å². The van der Waals surface area contributed by atoms with Crippen molar-refractivity contribution in [3.8, 4) is 5.75 Å². The third-order valence-electron chi connectivity index (χ3n) is 13.6. The van der Waals surface area contributed by atoms with Crippen molar-refractivity contribution in [1.29, 1.82) is 0 Å². The summed E-state index contributed by atoms with van der Waals surface area (Å²) in [6.07, 6.45) is -19.4. The van der Waals surface area contributed by atoms with Gasteiger partial charge < -0.3 is 105 Å². The maximum Gasteiger partial charge on any atom is 0.397 e. The lowest BCUT2D eigenvalue weighted by Crippen LogP contribution is -2.71. The lowest BCUT2D eigenvalue weighted by atomic mass is 9.93. The second-order valence-corrected chi connectivity index (χ2v) is 20.7. The molecule has 14 N–H and O–H groups in total. The van der Waals surface area contributed by atoms with Crippen LogP contribution in [0.2, 0.25) is 0 Å². The number of aliphatic hydroxyl groups is 9. The Labute approximate surface area is 451 Å². The molecule has 11 unspecified atom stereocenters. The van der Waals surface area contributed by atoms with Gasteiger partial charge in [0.1, 0.15) is 103 Å². The zero-order chi connectivity index (χ0) is 57.4. The molecule has 4 saturated heterocycles. The summed E-state index contributed by atoms with van der Waals surface area (Å²) < 4.78 is 84.0. The molecule has 0 aromatic heterocycles. The van der Waals surface area contributed by atoms with E-state index in [1.165, 1.54) is 44.2 Å². The maximum atomic E-state index is 13.8. The molecule has 0 saturated carbocycles. The molecule has 4 heterocycles. The Morgan fingerprint density at radius 3 is 1.46 bits per heavy atom. The van der Waals surface area contributed by atoms with Crippen LogP contribution in [0.15, 0.2) is 24.3 Å². The average molecular weight is 1140 g/mol. The van der Waals surface area contributed by atoms with Gasteiger partial charge in [-0.25, -0.2) is 4.18 Å². The van der Waals surface area contributed by atoms with Crippen molar-refractivity contribution < 1.29 is 120 Å². The van der Waals surface area contributed by atoms with Crippen molar-refractivity contribution in [2.45, 2.75) is 208 Å². The fraction of sp³-hybridized carbons (Fsp3) is 0.792. The molecule has 1 aromatic rings. The van der Waals surface area contributed by atoms with Gasteiger partial charge in [0.15, 0.2) is 25.2 Å². The molecule has 1 aromatic carbocycles. The van der Waals surface area contributed by atoms with E-state index < -0.39 is 183 Å². The second-order valence-electron chi connectivity index (χ2n) is 19.6. The minimum absolute atomic E-state index is 0.0727. The van der Waals surface area contributed by atoms with Gasteiger partial charge in [0, 0.05) is 26.3 Å². The molecule has 5 rings (SSSR count). The zero-order valence-electron chi connectivity index (χ0n) is 43.8. The maximum absolute atomic E-state index is 13.8. The third-order valence-corrected chi connectivity index (χ3v) is 14.0. The predicted octanol–water partition coefficient (Wildman–Crippen LogP) is -4.14. The standard InChI is InChI=1S/C48H78N4O25S/c1-5-6-7-8-9-10-11-12-13-17-69-27-16-14-15-26(18-27)44(64)52-33-37(60)36(59)28(19-53)72-46(33)75-41-29(20-54)73-47(34(39(41)62)50-24(3)57)76-42-30(21-55)74-48(35(40(42)63)51-25(4)58)77-43-31(22-70-78(66,67)68)71-45(65)32(38(43)61)49-23(2)56/h14-16,18,28-43,45-48,53-55,59-63,65H,5-13,17,19-22H2,1-4H3,(H,49,56)(H,50,57)(H,51,58)(H,52,64)(H,66,67,68)/t28?,29?,30?,31?,32?,33?,34?,35?,36-,37+,38?,39?,40+,41+,42-,43+,45?,46-,47+,48-/m0/s1. The Balaban J connectivity index is 1.34. The largest absolute Gasteiger partial charge is 0.494 e. The SMILES string of the molecule is CCCCCCCCCCCOc1cccc(C(=O)NC2[C@H](O[C@@H]3C(CO)O[C@H](O[C@H]4C(CO)O[C@@H](O[C@@H]5C(COS(=O)(=O)O)OC(O)C(NC(C)=O)C5O)C(NC(C)=O)[C@H]4O)C(NC(C)=O)C3O)OC(CO)[C@H](O)[C@@H]2O)c1. The van der Waals surface area contributed by atoms with Crippen molar-refractivity contribution in [2.24, 2.45) is 0 Å². The monoisotopic (exact) mass is 1140 g/mol. The lowest BCUT2D eigenvalue weighted by Gasteiger charge is -2.51. The molecule has 4 aliphatic heterocycles. The molecular formula is C48H78N4O25S. The van der Waals surface area contributed by atoms with E-state index in [-0.39, 0.29) is 5.56 Å². The van der Waals surface area contributed by atoms with Gasteiger partial charge in [0.25, 0.3) is 5.91 Å². The fourth-order valence-electron chi connectivity index (χ4n) is 9.64. The lowest BCUT2D eigenvalue weighted by molar-refractivity contribution is -0.361. The van der Waals surface area contributed by atoms with E-state index >= 15 is 0 Å². The molecule has 0 radical (unpaired) electrons. The average Bonchev–Trinajstić information content (AvgIpc) is 3.47. The van der Waals surface area contributed by atoms with Crippen molar-refractivity contribution in [2.75, 3.05) is 33.0 Å². The number of ether oxygens (including phenoxy) is 8. The Kier molecular flexibility index (Phi) is 25.7. The number of amides is 4. The highest BCUT2D eigenvalue weighted by Crippen LogP contribution is 2.35. The van der Waals surface area contributed by atoms with Crippen molar-refractivity contribution in [3.63, 3.8) is 0 Å². The van der Waals surface area contributed by atoms with E-state index in [2.05, 4.69) is 32.4 Å². The van der Waals surface area contributed by atoms with Crippen LogP contribution in [0.25, 0.3) is 0 Å². The Bertz CT molecular complexity index is 2170. The first-order chi connectivity index (χ1) is 37.0. The molecule has 0 aliphatic carbocycles. The first-order valence-electron chi connectivity index (χ1n) is 26.0. The Morgan fingerprint density at radius 2 is 0.987 bits per heavy atom. The minimum Gasteiger partial charge on any atom is -0.494 e. The summed E-state index contributed by atoms with van der Waals surface area (Å²) >= 11 is 0. The van der Waals surface area contributed by atoms with Crippen LogP contribution >= 0.6 is 0 Å². The summed E-state index contributed by atoms with van der Waals surface area (Å²) in [5.74, 6) is -2.81. The Morgan fingerprint density at radius 1 is 0.551 bits per heavy atom. The van der Waals surface area contributed by atoms with Gasteiger partial charge in [-0.15, -0.1) is 0 Å². The van der Waals surface area contributed by atoms with Crippen LogP contribution < -0.4 is 26.0 Å². The number of nitrogens with one attached hydrogen (secondary N) is 4. The van der Waals surface area contributed by atoms with Gasteiger partial charge in [-0.05, 0) is 24.6 Å². The summed E-state index contributed by atoms with van der Waals surface area (Å²) in [6, 6.07) is -0.593. The van der Waals surface area contributed by atoms with Crippen molar-refractivity contribution in [1.82, 2.24) is 21.3 Å². The quantitative estimate of drug-likeness (QED) is 0.0280. The highest BCUT2D eigenvalue weighted by Gasteiger charge is 2.56. The number of aliphatic hydroxyl groups excluding tert-OH is 9. The van der Waals surface area contributed by atoms with Crippen molar-refractivity contribution >= 4 is 34.0 Å². The fourth-order valence-corrected chi connectivity index (χ4v) is 9.95. The summed E-state index contributed by atoms with van der Waals surface area (Å²) in [5.41, 5.74) is 0.0727. The molecule has 29 nitrogen and oxygen atoms in total. The number of rotatable bonds is 28. The van der Waals surface area contributed by atoms with Gasteiger partial charge in [0.2, 0.25) is 17.7 Å². The molecule has 446 valence electrons. The Hall–Kier alpha value is -3.87. The topological polar surface area (TPSA) is 436 Å². The number of benzene rings is 1. The van der Waals surface area contributed by atoms with E-state index in [4.69, 9.17) is 37.9 Å². The zero-order valence-corrected chi connectivity index (χ0v) is 44.6. The van der Waals surface area contributed by atoms with E-state index in [9.17, 15) is 78.1 Å². The molecule has 4 fully saturated rings. The molecular weight excluding hydrogens is 1060 g/mol. The molecule has 0 spiro atoms. The number of unbranched alkanes of at least 4 members (excludes halogenated alkanes) is 8. The molecule has 78 heavy (non-hydrogen) atoms. The molecule has 0 bridgehead atoms. The van der Waals surface area contributed by atoms with E-state index in [0.29, 0.717) is 12.4 Å². The summed E-state index contributed by atoms with van der Waals surface area (Å²) in [5, 5.41) is 109. The van der Waals surface area contributed by atoms with Crippen molar-refractivity contribution in [3.05, 3.63) is 29.8 Å². The molecule has 4 amide bonds. The van der Waals surface area contributed by atoms with Crippen LogP contribution in [0.5, 0.6) is 5.75 Å². The predicted molar refractivity (Wildman–Crippen MR) is 264 cm³/mol. The number of carbonyl (C=O) groups is 4.